The van der Waals surface area contributed by atoms with Crippen molar-refractivity contribution in [3.8, 4) is 22.1 Å². The molecular weight excluding hydrogens is 426 g/mol. The van der Waals surface area contributed by atoms with Crippen molar-refractivity contribution in [1.29, 1.82) is 0 Å². The van der Waals surface area contributed by atoms with Crippen molar-refractivity contribution in [2.45, 2.75) is 0 Å². The molecule has 0 bridgehead atoms. The summed E-state index contributed by atoms with van der Waals surface area (Å²) < 4.78 is 1.01. The molecule has 5 rings (SSSR count). The molecule has 0 atom stereocenters. The van der Waals surface area contributed by atoms with Crippen molar-refractivity contribution in [2.24, 2.45) is 4.99 Å². The van der Waals surface area contributed by atoms with Crippen LogP contribution in [0.2, 0.25) is 0 Å². The summed E-state index contributed by atoms with van der Waals surface area (Å²) in [6.45, 7) is 0. The Morgan fingerprint density at radius 1 is 1.00 bits per heavy atom. The summed E-state index contributed by atoms with van der Waals surface area (Å²) in [7, 11) is 0. The van der Waals surface area contributed by atoms with Crippen LogP contribution in [0.15, 0.2) is 77.8 Å². The minimum absolute atomic E-state index is 0.0212. The lowest BCUT2D eigenvalue weighted by atomic mass is 10.00. The smallest absolute Gasteiger partial charge is 0.273 e. The number of phenols is 2. The lowest BCUT2D eigenvalue weighted by molar-refractivity contribution is -0.384. The van der Waals surface area contributed by atoms with Crippen molar-refractivity contribution in [3.05, 3.63) is 88.5 Å². The number of benzene rings is 4. The minimum atomic E-state index is -0.589. The number of aliphatic imine (C=N–C) groups is 1. The zero-order chi connectivity index (χ0) is 22.2. The monoisotopic (exact) mass is 441 g/mol. The Morgan fingerprint density at radius 3 is 2.56 bits per heavy atom. The van der Waals surface area contributed by atoms with E-state index in [2.05, 4.69) is 9.98 Å². The van der Waals surface area contributed by atoms with Gasteiger partial charge in [0.25, 0.3) is 5.69 Å². The molecule has 0 aliphatic rings. The maximum absolute atomic E-state index is 11.2. The zero-order valence-corrected chi connectivity index (χ0v) is 17.3. The van der Waals surface area contributed by atoms with Crippen LogP contribution in [0, 0.1) is 10.1 Å². The average Bonchev–Trinajstić information content (AvgIpc) is 3.23. The Hall–Kier alpha value is -4.30. The third kappa shape index (κ3) is 3.42. The first-order valence-electron chi connectivity index (χ1n) is 9.63. The molecular formula is C24H15N3O4S. The Labute approximate surface area is 185 Å². The standard InChI is InChI=1S/C24H15N3O4S/c28-21-12-15(27(30)31)9-10-19(21)25-13-18-16-6-2-1-5-14(16)11-17(23(18)29)24-26-20-7-3-4-8-22(20)32-24/h1-13,28-29H. The summed E-state index contributed by atoms with van der Waals surface area (Å²) in [6, 6.07) is 20.9. The normalized spacial score (nSPS) is 11.5. The molecule has 0 radical (unpaired) electrons. The van der Waals surface area contributed by atoms with Crippen molar-refractivity contribution in [2.75, 3.05) is 0 Å². The Morgan fingerprint density at radius 2 is 1.78 bits per heavy atom. The van der Waals surface area contributed by atoms with Crippen molar-refractivity contribution in [1.82, 2.24) is 4.98 Å². The highest BCUT2D eigenvalue weighted by molar-refractivity contribution is 7.21. The average molecular weight is 441 g/mol. The topological polar surface area (TPSA) is 109 Å². The number of hydrogen-bond acceptors (Lipinski definition) is 7. The van der Waals surface area contributed by atoms with E-state index in [1.54, 1.807) is 0 Å². The largest absolute Gasteiger partial charge is 0.507 e. The number of rotatable bonds is 4. The molecule has 0 saturated carbocycles. The molecule has 8 heteroatoms. The van der Waals surface area contributed by atoms with Crippen molar-refractivity contribution in [3.63, 3.8) is 0 Å². The molecule has 0 unspecified atom stereocenters. The van der Waals surface area contributed by atoms with E-state index in [1.165, 1.54) is 29.7 Å². The van der Waals surface area contributed by atoms with Gasteiger partial charge >= 0.3 is 0 Å². The van der Waals surface area contributed by atoms with Crippen molar-refractivity contribution >= 4 is 49.9 Å². The molecule has 5 aromatic rings. The number of aromatic nitrogens is 1. The van der Waals surface area contributed by atoms with Crippen molar-refractivity contribution < 1.29 is 15.1 Å². The molecule has 156 valence electrons. The first-order valence-corrected chi connectivity index (χ1v) is 10.4. The second kappa shape index (κ2) is 7.75. The number of nitro groups is 1. The fourth-order valence-electron chi connectivity index (χ4n) is 3.51. The molecule has 7 nitrogen and oxygen atoms in total. The zero-order valence-electron chi connectivity index (χ0n) is 16.5. The van der Waals surface area contributed by atoms with Crippen LogP contribution in [-0.4, -0.2) is 26.3 Å². The summed E-state index contributed by atoms with van der Waals surface area (Å²) in [5.74, 6) is -0.297. The molecule has 2 N–H and O–H groups in total. The summed E-state index contributed by atoms with van der Waals surface area (Å²) in [4.78, 5) is 19.3. The van der Waals surface area contributed by atoms with Gasteiger partial charge in [-0.05, 0) is 35.0 Å². The number of nitrogens with zero attached hydrogens (tertiary/aromatic N) is 3. The van der Waals surface area contributed by atoms with Gasteiger partial charge < -0.3 is 10.2 Å². The second-order valence-electron chi connectivity index (χ2n) is 7.08. The van der Waals surface area contributed by atoms with Gasteiger partial charge in [-0.15, -0.1) is 11.3 Å². The van der Waals surface area contributed by atoms with E-state index in [0.29, 0.717) is 16.1 Å². The highest BCUT2D eigenvalue weighted by Gasteiger charge is 2.17. The van der Waals surface area contributed by atoms with Gasteiger partial charge in [-0.1, -0.05) is 36.4 Å². The van der Waals surface area contributed by atoms with Crippen LogP contribution in [-0.2, 0) is 0 Å². The number of fused-ring (bicyclic) bond motifs is 2. The van der Waals surface area contributed by atoms with Crippen LogP contribution in [0.5, 0.6) is 11.5 Å². The number of non-ortho nitro benzene ring substituents is 1. The first kappa shape index (κ1) is 19.7. The van der Waals surface area contributed by atoms with Gasteiger partial charge in [-0.25, -0.2) is 4.98 Å². The summed E-state index contributed by atoms with van der Waals surface area (Å²) in [6.07, 6.45) is 1.45. The van der Waals surface area contributed by atoms with E-state index in [0.717, 1.165) is 27.1 Å². The lowest BCUT2D eigenvalue weighted by Crippen LogP contribution is -1.90. The summed E-state index contributed by atoms with van der Waals surface area (Å²) >= 11 is 1.48. The van der Waals surface area contributed by atoms with E-state index in [9.17, 15) is 20.3 Å². The van der Waals surface area contributed by atoms with Gasteiger partial charge in [0, 0.05) is 17.8 Å². The van der Waals surface area contributed by atoms with E-state index in [-0.39, 0.29) is 22.9 Å². The van der Waals surface area contributed by atoms with Crippen LogP contribution >= 0.6 is 11.3 Å². The molecule has 0 fully saturated rings. The number of para-hydroxylation sites is 1. The van der Waals surface area contributed by atoms with Crippen LogP contribution in [0.3, 0.4) is 0 Å². The van der Waals surface area contributed by atoms with E-state index in [1.807, 2.05) is 54.6 Å². The quantitative estimate of drug-likeness (QED) is 0.196. The van der Waals surface area contributed by atoms with E-state index in [4.69, 9.17) is 0 Å². The molecule has 32 heavy (non-hydrogen) atoms. The summed E-state index contributed by atoms with van der Waals surface area (Å²) in [5, 5.41) is 34.5. The third-order valence-electron chi connectivity index (χ3n) is 5.09. The molecule has 1 heterocycles. The minimum Gasteiger partial charge on any atom is -0.507 e. The van der Waals surface area contributed by atoms with E-state index < -0.39 is 4.92 Å². The number of nitro benzene ring substituents is 1. The third-order valence-corrected chi connectivity index (χ3v) is 6.16. The molecule has 0 amide bonds. The summed E-state index contributed by atoms with van der Waals surface area (Å²) in [5.41, 5.74) is 1.83. The highest BCUT2D eigenvalue weighted by atomic mass is 32.1. The first-order chi connectivity index (χ1) is 15.5. The van der Waals surface area contributed by atoms with E-state index >= 15 is 0 Å². The van der Waals surface area contributed by atoms with Gasteiger partial charge in [0.05, 0.1) is 26.8 Å². The predicted octanol–water partition coefficient (Wildman–Crippen LogP) is 6.19. The molecule has 0 spiro atoms. The fraction of sp³-hybridized carbons (Fsp3) is 0. The van der Waals surface area contributed by atoms with Gasteiger partial charge in [-0.3, -0.25) is 15.1 Å². The number of thiazole rings is 1. The van der Waals surface area contributed by atoms with Crippen LogP contribution in [0.25, 0.3) is 31.6 Å². The lowest BCUT2D eigenvalue weighted by Gasteiger charge is -2.10. The fourth-order valence-corrected chi connectivity index (χ4v) is 4.50. The number of hydrogen-bond donors (Lipinski definition) is 2. The second-order valence-corrected chi connectivity index (χ2v) is 8.11. The van der Waals surface area contributed by atoms with Gasteiger partial charge in [0.15, 0.2) is 0 Å². The Bertz CT molecular complexity index is 1510. The Balaban J connectivity index is 1.66. The molecule has 4 aromatic carbocycles. The SMILES string of the molecule is O=[N+]([O-])c1ccc(N=Cc2c(O)c(-c3nc4ccccc4s3)cc3ccccc23)c(O)c1. The van der Waals surface area contributed by atoms with Crippen LogP contribution in [0.1, 0.15) is 5.56 Å². The highest BCUT2D eigenvalue weighted by Crippen LogP contribution is 2.40. The molecule has 0 aliphatic carbocycles. The predicted molar refractivity (Wildman–Crippen MR) is 126 cm³/mol. The maximum Gasteiger partial charge on any atom is 0.273 e. The number of phenolic OH excluding ortho intramolecular Hbond substituents is 2. The van der Waals surface area contributed by atoms with Crippen LogP contribution < -0.4 is 0 Å². The molecule has 1 aromatic heterocycles. The molecule has 0 aliphatic heterocycles. The Kier molecular flexibility index (Phi) is 4.76. The maximum atomic E-state index is 11.2. The number of aromatic hydroxyl groups is 2. The molecule has 0 saturated heterocycles. The van der Waals surface area contributed by atoms with Gasteiger partial charge in [0.1, 0.15) is 22.2 Å². The van der Waals surface area contributed by atoms with Crippen LogP contribution in [0.4, 0.5) is 11.4 Å². The van der Waals surface area contributed by atoms with Gasteiger partial charge in [0.2, 0.25) is 0 Å². The van der Waals surface area contributed by atoms with Gasteiger partial charge in [-0.2, -0.15) is 0 Å².